The van der Waals surface area contributed by atoms with E-state index in [1.54, 1.807) is 11.3 Å². The van der Waals surface area contributed by atoms with Gasteiger partial charge in [-0.1, -0.05) is 17.7 Å². The third-order valence-electron chi connectivity index (χ3n) is 2.33. The normalized spacial score (nSPS) is 10.6. The number of Topliss-reactive ketones (excluding diaryl/α,β-unsaturated/α-hetero) is 1. The van der Waals surface area contributed by atoms with Crippen molar-refractivity contribution in [2.24, 2.45) is 0 Å². The van der Waals surface area contributed by atoms with Crippen molar-refractivity contribution < 1.29 is 4.79 Å². The van der Waals surface area contributed by atoms with Crippen molar-refractivity contribution in [2.45, 2.75) is 19.8 Å². The fourth-order valence-electron chi connectivity index (χ4n) is 1.42. The van der Waals surface area contributed by atoms with Gasteiger partial charge in [-0.3, -0.25) is 4.79 Å². The van der Waals surface area contributed by atoms with Gasteiger partial charge in [-0.15, -0.1) is 22.7 Å². The molecule has 84 valence electrons. The van der Waals surface area contributed by atoms with Crippen LogP contribution in [0.4, 0.5) is 0 Å². The molecule has 0 aliphatic rings. The van der Waals surface area contributed by atoms with Gasteiger partial charge in [0.2, 0.25) is 0 Å². The smallest absolute Gasteiger partial charge is 0.174 e. The van der Waals surface area contributed by atoms with Crippen LogP contribution in [-0.2, 0) is 6.42 Å². The van der Waals surface area contributed by atoms with E-state index in [9.17, 15) is 4.79 Å². The zero-order valence-electron chi connectivity index (χ0n) is 8.83. The monoisotopic (exact) mass is 270 g/mol. The SMILES string of the molecule is Cc1csc(C(=O)CCc2cccs2)c1Cl. The van der Waals surface area contributed by atoms with Crippen LogP contribution in [0.25, 0.3) is 0 Å². The molecular formula is C12H11ClOS2. The molecule has 0 atom stereocenters. The Labute approximate surface area is 108 Å². The number of aryl methyl sites for hydroxylation is 2. The predicted molar refractivity (Wildman–Crippen MR) is 71.0 cm³/mol. The molecule has 2 heterocycles. The Morgan fingerprint density at radius 1 is 1.44 bits per heavy atom. The van der Waals surface area contributed by atoms with Crippen LogP contribution in [0.15, 0.2) is 22.9 Å². The maximum Gasteiger partial charge on any atom is 0.174 e. The average Bonchev–Trinajstić information content (AvgIpc) is 2.88. The van der Waals surface area contributed by atoms with Gasteiger partial charge in [0.25, 0.3) is 0 Å². The highest BCUT2D eigenvalue weighted by atomic mass is 35.5. The molecule has 0 amide bonds. The second-order valence-corrected chi connectivity index (χ2v) is 5.85. The first-order valence-corrected chi connectivity index (χ1v) is 7.11. The van der Waals surface area contributed by atoms with Crippen molar-refractivity contribution in [1.29, 1.82) is 0 Å². The van der Waals surface area contributed by atoms with Crippen molar-refractivity contribution >= 4 is 40.1 Å². The Morgan fingerprint density at radius 2 is 2.25 bits per heavy atom. The summed E-state index contributed by atoms with van der Waals surface area (Å²) < 4.78 is 0. The zero-order chi connectivity index (χ0) is 11.5. The molecule has 2 aromatic rings. The van der Waals surface area contributed by atoms with Crippen LogP contribution >= 0.6 is 34.3 Å². The minimum Gasteiger partial charge on any atom is -0.293 e. The molecule has 0 N–H and O–H groups in total. The van der Waals surface area contributed by atoms with Gasteiger partial charge >= 0.3 is 0 Å². The van der Waals surface area contributed by atoms with Gasteiger partial charge in [0.05, 0.1) is 9.90 Å². The quantitative estimate of drug-likeness (QED) is 0.743. The molecule has 1 nitrogen and oxygen atoms in total. The van der Waals surface area contributed by atoms with Crippen molar-refractivity contribution in [3.8, 4) is 0 Å². The third-order valence-corrected chi connectivity index (χ3v) is 5.01. The molecule has 0 bridgehead atoms. The lowest BCUT2D eigenvalue weighted by molar-refractivity contribution is 0.0987. The second kappa shape index (κ2) is 5.13. The molecular weight excluding hydrogens is 260 g/mol. The summed E-state index contributed by atoms with van der Waals surface area (Å²) in [4.78, 5) is 13.9. The molecule has 0 spiro atoms. The van der Waals surface area contributed by atoms with E-state index in [4.69, 9.17) is 11.6 Å². The van der Waals surface area contributed by atoms with E-state index in [2.05, 4.69) is 6.07 Å². The van der Waals surface area contributed by atoms with Crippen LogP contribution in [0, 0.1) is 6.92 Å². The van der Waals surface area contributed by atoms with Crippen LogP contribution in [-0.4, -0.2) is 5.78 Å². The summed E-state index contributed by atoms with van der Waals surface area (Å²) in [6, 6.07) is 4.06. The molecule has 16 heavy (non-hydrogen) atoms. The number of carbonyl (C=O) groups excluding carboxylic acids is 1. The van der Waals surface area contributed by atoms with E-state index in [-0.39, 0.29) is 5.78 Å². The number of ketones is 1. The summed E-state index contributed by atoms with van der Waals surface area (Å²) in [6.07, 6.45) is 1.35. The predicted octanol–water partition coefficient (Wildman–Crippen LogP) is 4.59. The Hall–Kier alpha value is -0.640. The van der Waals surface area contributed by atoms with Gasteiger partial charge in [0.15, 0.2) is 5.78 Å². The highest BCUT2D eigenvalue weighted by molar-refractivity contribution is 7.13. The van der Waals surface area contributed by atoms with Crippen molar-refractivity contribution in [1.82, 2.24) is 0 Å². The Bertz CT molecular complexity index is 485. The summed E-state index contributed by atoms with van der Waals surface area (Å²) >= 11 is 9.19. The Morgan fingerprint density at radius 3 is 2.81 bits per heavy atom. The maximum atomic E-state index is 11.9. The van der Waals surface area contributed by atoms with E-state index in [1.165, 1.54) is 16.2 Å². The summed E-state index contributed by atoms with van der Waals surface area (Å²) in [7, 11) is 0. The van der Waals surface area contributed by atoms with Gasteiger partial charge < -0.3 is 0 Å². The molecule has 4 heteroatoms. The van der Waals surface area contributed by atoms with E-state index in [0.29, 0.717) is 16.3 Å². The van der Waals surface area contributed by atoms with Gasteiger partial charge in [-0.05, 0) is 35.7 Å². The molecule has 0 fully saturated rings. The Kier molecular flexibility index (Phi) is 3.79. The maximum absolute atomic E-state index is 11.9. The van der Waals surface area contributed by atoms with Crippen molar-refractivity contribution in [3.05, 3.63) is 43.2 Å². The first-order chi connectivity index (χ1) is 7.68. The Balaban J connectivity index is 2.01. The lowest BCUT2D eigenvalue weighted by atomic mass is 10.1. The third kappa shape index (κ3) is 2.54. The number of carbonyl (C=O) groups is 1. The van der Waals surface area contributed by atoms with Crippen LogP contribution in [0.1, 0.15) is 26.5 Å². The number of hydrogen-bond acceptors (Lipinski definition) is 3. The summed E-state index contributed by atoms with van der Waals surface area (Å²) in [5.74, 6) is 0.150. The fourth-order valence-corrected chi connectivity index (χ4v) is 3.40. The van der Waals surface area contributed by atoms with Gasteiger partial charge in [-0.25, -0.2) is 0 Å². The molecule has 2 aromatic heterocycles. The van der Waals surface area contributed by atoms with Crippen LogP contribution in [0.3, 0.4) is 0 Å². The van der Waals surface area contributed by atoms with Crippen molar-refractivity contribution in [3.63, 3.8) is 0 Å². The number of hydrogen-bond donors (Lipinski definition) is 0. The molecule has 0 aromatic carbocycles. The minimum atomic E-state index is 0.150. The number of halogens is 1. The highest BCUT2D eigenvalue weighted by Crippen LogP contribution is 2.28. The zero-order valence-corrected chi connectivity index (χ0v) is 11.2. The molecule has 0 aliphatic carbocycles. The van der Waals surface area contributed by atoms with Gasteiger partial charge in [0.1, 0.15) is 0 Å². The minimum absolute atomic E-state index is 0.150. The number of rotatable bonds is 4. The van der Waals surface area contributed by atoms with Crippen LogP contribution in [0.5, 0.6) is 0 Å². The average molecular weight is 271 g/mol. The summed E-state index contributed by atoms with van der Waals surface area (Å²) in [5.41, 5.74) is 0.992. The molecule has 0 radical (unpaired) electrons. The first-order valence-electron chi connectivity index (χ1n) is 4.97. The lowest BCUT2D eigenvalue weighted by Crippen LogP contribution is -1.98. The van der Waals surface area contributed by atoms with Crippen LogP contribution in [0.2, 0.25) is 5.02 Å². The van der Waals surface area contributed by atoms with E-state index in [0.717, 1.165) is 12.0 Å². The van der Waals surface area contributed by atoms with Crippen molar-refractivity contribution in [2.75, 3.05) is 0 Å². The van der Waals surface area contributed by atoms with E-state index >= 15 is 0 Å². The van der Waals surface area contributed by atoms with Gasteiger partial charge in [0, 0.05) is 11.3 Å². The van der Waals surface area contributed by atoms with Gasteiger partial charge in [-0.2, -0.15) is 0 Å². The molecule has 2 rings (SSSR count). The standard InChI is InChI=1S/C12H11ClOS2/c1-8-7-16-12(11(8)13)10(14)5-4-9-3-2-6-15-9/h2-3,6-7H,4-5H2,1H3. The molecule has 0 saturated heterocycles. The van der Waals surface area contributed by atoms with E-state index in [1.807, 2.05) is 23.8 Å². The largest absolute Gasteiger partial charge is 0.293 e. The summed E-state index contributed by atoms with van der Waals surface area (Å²) in [6.45, 7) is 1.93. The van der Waals surface area contributed by atoms with E-state index < -0.39 is 0 Å². The second-order valence-electron chi connectivity index (χ2n) is 3.56. The van der Waals surface area contributed by atoms with Crippen LogP contribution < -0.4 is 0 Å². The molecule has 0 aliphatic heterocycles. The fraction of sp³-hybridized carbons (Fsp3) is 0.250. The topological polar surface area (TPSA) is 17.1 Å². The number of thiophene rings is 2. The summed E-state index contributed by atoms with van der Waals surface area (Å²) in [5, 5.41) is 4.59. The lowest BCUT2D eigenvalue weighted by Gasteiger charge is -1.98. The first kappa shape index (κ1) is 11.8. The highest BCUT2D eigenvalue weighted by Gasteiger charge is 2.14. The molecule has 0 unspecified atom stereocenters. The molecule has 0 saturated carbocycles.